The average Bonchev–Trinajstić information content (AvgIpc) is 2.99. The first-order valence-electron chi connectivity index (χ1n) is 7.68. The molecule has 0 bridgehead atoms. The van der Waals surface area contributed by atoms with Crippen LogP contribution in [0.5, 0.6) is 5.75 Å². The number of ether oxygens (including phenoxy) is 1. The highest BCUT2D eigenvalue weighted by atomic mass is 32.2. The van der Waals surface area contributed by atoms with E-state index in [1.807, 2.05) is 25.1 Å². The molecule has 0 fully saturated rings. The van der Waals surface area contributed by atoms with Crippen molar-refractivity contribution in [3.8, 4) is 5.75 Å². The molecule has 3 aromatic rings. The minimum atomic E-state index is -3.59. The van der Waals surface area contributed by atoms with E-state index in [1.54, 1.807) is 54.7 Å². The van der Waals surface area contributed by atoms with Crippen molar-refractivity contribution in [2.75, 3.05) is 27.2 Å². The molecule has 6 heteroatoms. The maximum absolute atomic E-state index is 12.8. The van der Waals surface area contributed by atoms with Crippen LogP contribution >= 0.6 is 0 Å². The van der Waals surface area contributed by atoms with Gasteiger partial charge in [0.1, 0.15) is 12.4 Å². The zero-order chi connectivity index (χ0) is 17.2. The van der Waals surface area contributed by atoms with Gasteiger partial charge in [-0.3, -0.25) is 0 Å². The molecule has 0 saturated carbocycles. The van der Waals surface area contributed by atoms with E-state index < -0.39 is 10.0 Å². The normalized spacial score (nSPS) is 12.0. The van der Waals surface area contributed by atoms with Gasteiger partial charge in [-0.1, -0.05) is 18.2 Å². The van der Waals surface area contributed by atoms with Gasteiger partial charge in [0.2, 0.25) is 0 Å². The second kappa shape index (κ2) is 6.67. The molecule has 0 unspecified atom stereocenters. The lowest BCUT2D eigenvalue weighted by Crippen LogP contribution is -2.19. The Morgan fingerprint density at radius 1 is 1.04 bits per heavy atom. The standard InChI is InChI=1S/C18H20N2O3S/c1-19(2)12-13-23-16-8-9-18-15(14-16)10-11-20(18)24(21,22)17-6-4-3-5-7-17/h3-11,14H,12-13H2,1-2H3. The van der Waals surface area contributed by atoms with Crippen LogP contribution in [-0.4, -0.2) is 44.5 Å². The Hall–Kier alpha value is -2.31. The van der Waals surface area contributed by atoms with Crippen LogP contribution in [0.3, 0.4) is 0 Å². The third-order valence-corrected chi connectivity index (χ3v) is 5.44. The number of hydrogen-bond donors (Lipinski definition) is 0. The largest absolute Gasteiger partial charge is 0.492 e. The predicted octanol–water partition coefficient (Wildman–Crippen LogP) is 2.82. The number of aromatic nitrogens is 1. The smallest absolute Gasteiger partial charge is 0.268 e. The van der Waals surface area contributed by atoms with Crippen LogP contribution in [0.4, 0.5) is 0 Å². The second-order valence-electron chi connectivity index (χ2n) is 5.80. The summed E-state index contributed by atoms with van der Waals surface area (Å²) in [6.07, 6.45) is 1.58. The lowest BCUT2D eigenvalue weighted by Gasteiger charge is -2.11. The molecule has 1 aromatic heterocycles. The molecule has 0 spiro atoms. The fourth-order valence-electron chi connectivity index (χ4n) is 2.45. The molecule has 5 nitrogen and oxygen atoms in total. The number of nitrogens with zero attached hydrogens (tertiary/aromatic N) is 2. The van der Waals surface area contributed by atoms with Crippen LogP contribution in [0.25, 0.3) is 10.9 Å². The summed E-state index contributed by atoms with van der Waals surface area (Å²) < 4.78 is 32.5. The van der Waals surface area contributed by atoms with Crippen molar-refractivity contribution < 1.29 is 13.2 Å². The Bertz CT molecular complexity index is 931. The first-order chi connectivity index (χ1) is 11.5. The summed E-state index contributed by atoms with van der Waals surface area (Å²) >= 11 is 0. The van der Waals surface area contributed by atoms with E-state index in [4.69, 9.17) is 4.74 Å². The molecule has 0 atom stereocenters. The quantitative estimate of drug-likeness (QED) is 0.690. The van der Waals surface area contributed by atoms with Crippen molar-refractivity contribution in [3.05, 3.63) is 60.8 Å². The summed E-state index contributed by atoms with van der Waals surface area (Å²) in [6.45, 7) is 1.41. The van der Waals surface area contributed by atoms with E-state index >= 15 is 0 Å². The van der Waals surface area contributed by atoms with E-state index in [1.165, 1.54) is 3.97 Å². The van der Waals surface area contributed by atoms with E-state index in [0.717, 1.165) is 17.7 Å². The van der Waals surface area contributed by atoms with Crippen molar-refractivity contribution in [2.24, 2.45) is 0 Å². The van der Waals surface area contributed by atoms with Crippen molar-refractivity contribution in [3.63, 3.8) is 0 Å². The zero-order valence-electron chi connectivity index (χ0n) is 13.7. The molecule has 0 aliphatic heterocycles. The highest BCUT2D eigenvalue weighted by molar-refractivity contribution is 7.90. The van der Waals surface area contributed by atoms with Crippen LogP contribution in [0, 0.1) is 0 Å². The Labute approximate surface area is 142 Å². The fourth-order valence-corrected chi connectivity index (χ4v) is 3.82. The number of likely N-dealkylation sites (N-methyl/N-ethyl adjacent to an activating group) is 1. The van der Waals surface area contributed by atoms with Gasteiger partial charge in [0.25, 0.3) is 10.0 Å². The summed E-state index contributed by atoms with van der Waals surface area (Å²) in [5, 5.41) is 0.830. The minimum absolute atomic E-state index is 0.272. The molecule has 0 saturated heterocycles. The third kappa shape index (κ3) is 3.29. The van der Waals surface area contributed by atoms with Crippen LogP contribution < -0.4 is 4.74 Å². The van der Waals surface area contributed by atoms with Crippen LogP contribution in [-0.2, 0) is 10.0 Å². The molecule has 0 aliphatic carbocycles. The van der Waals surface area contributed by atoms with Gasteiger partial charge in [0, 0.05) is 18.1 Å². The molecule has 1 heterocycles. The molecule has 24 heavy (non-hydrogen) atoms. The highest BCUT2D eigenvalue weighted by Gasteiger charge is 2.18. The molecule has 0 N–H and O–H groups in total. The Morgan fingerprint density at radius 3 is 2.50 bits per heavy atom. The maximum Gasteiger partial charge on any atom is 0.268 e. The maximum atomic E-state index is 12.8. The van der Waals surface area contributed by atoms with Crippen molar-refractivity contribution in [1.29, 1.82) is 0 Å². The lowest BCUT2D eigenvalue weighted by atomic mass is 10.2. The molecule has 2 aromatic carbocycles. The number of benzene rings is 2. The van der Waals surface area contributed by atoms with Crippen molar-refractivity contribution >= 4 is 20.9 Å². The van der Waals surface area contributed by atoms with Gasteiger partial charge < -0.3 is 9.64 Å². The van der Waals surface area contributed by atoms with Crippen LogP contribution in [0.15, 0.2) is 65.7 Å². The average molecular weight is 344 g/mol. The number of fused-ring (bicyclic) bond motifs is 1. The summed E-state index contributed by atoms with van der Waals surface area (Å²) in [5.41, 5.74) is 0.638. The number of rotatable bonds is 6. The van der Waals surface area contributed by atoms with Gasteiger partial charge in [0.05, 0.1) is 10.4 Å². The lowest BCUT2D eigenvalue weighted by molar-refractivity contribution is 0.261. The van der Waals surface area contributed by atoms with Gasteiger partial charge in [0.15, 0.2) is 0 Å². The molecule has 3 rings (SSSR count). The van der Waals surface area contributed by atoms with Gasteiger partial charge in [-0.25, -0.2) is 12.4 Å². The van der Waals surface area contributed by atoms with Crippen LogP contribution in [0.2, 0.25) is 0 Å². The zero-order valence-corrected chi connectivity index (χ0v) is 14.5. The first-order valence-corrected chi connectivity index (χ1v) is 9.12. The van der Waals surface area contributed by atoms with E-state index in [2.05, 4.69) is 0 Å². The predicted molar refractivity (Wildman–Crippen MR) is 95.0 cm³/mol. The monoisotopic (exact) mass is 344 g/mol. The molecule has 0 radical (unpaired) electrons. The van der Waals surface area contributed by atoms with Gasteiger partial charge in [-0.15, -0.1) is 0 Å². The Kier molecular flexibility index (Phi) is 4.59. The SMILES string of the molecule is CN(C)CCOc1ccc2c(ccn2S(=O)(=O)c2ccccc2)c1. The van der Waals surface area contributed by atoms with E-state index in [9.17, 15) is 8.42 Å². The van der Waals surface area contributed by atoms with Gasteiger partial charge in [-0.05, 0) is 50.5 Å². The Morgan fingerprint density at radius 2 is 1.79 bits per heavy atom. The van der Waals surface area contributed by atoms with Crippen molar-refractivity contribution in [2.45, 2.75) is 4.90 Å². The Balaban J connectivity index is 1.92. The minimum Gasteiger partial charge on any atom is -0.492 e. The molecule has 0 aliphatic rings. The van der Waals surface area contributed by atoms with Crippen molar-refractivity contribution in [1.82, 2.24) is 8.87 Å². The van der Waals surface area contributed by atoms with E-state index in [0.29, 0.717) is 12.1 Å². The summed E-state index contributed by atoms with van der Waals surface area (Å²) in [7, 11) is 0.380. The molecule has 0 amide bonds. The van der Waals surface area contributed by atoms with E-state index in [-0.39, 0.29) is 4.90 Å². The number of hydrogen-bond acceptors (Lipinski definition) is 4. The van der Waals surface area contributed by atoms with Crippen LogP contribution in [0.1, 0.15) is 0 Å². The van der Waals surface area contributed by atoms with Gasteiger partial charge >= 0.3 is 0 Å². The second-order valence-corrected chi connectivity index (χ2v) is 7.62. The third-order valence-electron chi connectivity index (χ3n) is 3.73. The molecular formula is C18H20N2O3S. The summed E-state index contributed by atoms with van der Waals surface area (Å²) in [4.78, 5) is 2.32. The molecular weight excluding hydrogens is 324 g/mol. The highest BCUT2D eigenvalue weighted by Crippen LogP contribution is 2.25. The molecule has 126 valence electrons. The topological polar surface area (TPSA) is 51.5 Å². The summed E-state index contributed by atoms with van der Waals surface area (Å²) in [6, 6.07) is 15.7. The fraction of sp³-hybridized carbons (Fsp3) is 0.222. The van der Waals surface area contributed by atoms with Gasteiger partial charge in [-0.2, -0.15) is 0 Å². The summed E-state index contributed by atoms with van der Waals surface area (Å²) in [5.74, 6) is 0.735. The first kappa shape index (κ1) is 16.5.